The van der Waals surface area contributed by atoms with Gasteiger partial charge in [0.25, 0.3) is 0 Å². The number of rotatable bonds is 1. The van der Waals surface area contributed by atoms with Crippen molar-refractivity contribution in [1.29, 1.82) is 0 Å². The van der Waals surface area contributed by atoms with Gasteiger partial charge >= 0.3 is 25.0 Å². The molecule has 4 heteroatoms. The number of carbonyl (C=O) groups excluding carboxylic acids is 1. The van der Waals surface area contributed by atoms with Gasteiger partial charge in [0.2, 0.25) is 0 Å². The van der Waals surface area contributed by atoms with E-state index in [4.69, 9.17) is 0 Å². The Morgan fingerprint density at radius 1 is 1.70 bits per heavy atom. The molecule has 3 nitrogen and oxygen atoms in total. The van der Waals surface area contributed by atoms with Crippen LogP contribution in [0.3, 0.4) is 0 Å². The molecule has 10 heavy (non-hydrogen) atoms. The maximum atomic E-state index is 10.4. The van der Waals surface area contributed by atoms with Gasteiger partial charge in [-0.05, 0) is 5.92 Å². The summed E-state index contributed by atoms with van der Waals surface area (Å²) in [5, 5.41) is 2.69. The van der Waals surface area contributed by atoms with E-state index in [0.717, 1.165) is 0 Å². The van der Waals surface area contributed by atoms with E-state index in [9.17, 15) is 4.79 Å². The number of nitrogens with one attached hydrogen (secondary N) is 1. The topological polar surface area (TPSA) is 38.3 Å². The standard InChI is InChI=1S/C6H11NO2.Li.H/c1-4(2)5-3-9-6(8)7-5;;/h4-5H,3H2,1-2H3,(H,7,8);;. The van der Waals surface area contributed by atoms with Crippen molar-refractivity contribution in [3.05, 3.63) is 0 Å². The molecule has 1 fully saturated rings. The van der Waals surface area contributed by atoms with Crippen LogP contribution in [-0.4, -0.2) is 37.6 Å². The molecule has 54 valence electrons. The fourth-order valence-electron chi connectivity index (χ4n) is 0.759. The van der Waals surface area contributed by atoms with Crippen molar-refractivity contribution in [2.24, 2.45) is 5.92 Å². The van der Waals surface area contributed by atoms with Crippen LogP contribution in [0.15, 0.2) is 0 Å². The summed E-state index contributed by atoms with van der Waals surface area (Å²) in [5.74, 6) is 0.469. The van der Waals surface area contributed by atoms with Gasteiger partial charge in [0.1, 0.15) is 6.61 Å². The fourth-order valence-corrected chi connectivity index (χ4v) is 0.759. The molecule has 0 aromatic heterocycles. The van der Waals surface area contributed by atoms with E-state index in [1.807, 2.05) is 0 Å². The molecule has 1 atom stereocenters. The van der Waals surface area contributed by atoms with E-state index in [2.05, 4.69) is 23.9 Å². The van der Waals surface area contributed by atoms with Crippen LogP contribution in [0.5, 0.6) is 0 Å². The van der Waals surface area contributed by atoms with E-state index in [1.54, 1.807) is 0 Å². The quantitative estimate of drug-likeness (QED) is 0.520. The SMILES string of the molecule is CC(C)C1COC(=O)N1.[LiH]. The van der Waals surface area contributed by atoms with Crippen LogP contribution in [0.2, 0.25) is 0 Å². The first-order chi connectivity index (χ1) is 4.20. The Bertz CT molecular complexity index is 127. The minimum absolute atomic E-state index is 0. The Labute approximate surface area is 72.7 Å². The number of hydrogen-bond acceptors (Lipinski definition) is 2. The summed E-state index contributed by atoms with van der Waals surface area (Å²) < 4.78 is 4.68. The molecular weight excluding hydrogens is 125 g/mol. The second-order valence-corrected chi connectivity index (χ2v) is 2.59. The van der Waals surface area contributed by atoms with Gasteiger partial charge in [0.15, 0.2) is 0 Å². The fraction of sp³-hybridized carbons (Fsp3) is 0.833. The average molecular weight is 137 g/mol. The van der Waals surface area contributed by atoms with E-state index in [1.165, 1.54) is 0 Å². The van der Waals surface area contributed by atoms with Gasteiger partial charge < -0.3 is 10.1 Å². The summed E-state index contributed by atoms with van der Waals surface area (Å²) in [6.07, 6.45) is -0.284. The summed E-state index contributed by atoms with van der Waals surface area (Å²) in [5.41, 5.74) is 0. The Morgan fingerprint density at radius 3 is 2.50 bits per heavy atom. The second kappa shape index (κ2) is 3.90. The third-order valence-corrected chi connectivity index (χ3v) is 1.50. The van der Waals surface area contributed by atoms with Crippen molar-refractivity contribution < 1.29 is 9.53 Å². The molecule has 1 N–H and O–H groups in total. The molecule has 0 aromatic rings. The molecule has 0 spiro atoms. The molecule has 1 aliphatic heterocycles. The van der Waals surface area contributed by atoms with Gasteiger partial charge in [0.05, 0.1) is 6.04 Å². The summed E-state index contributed by atoms with van der Waals surface area (Å²) >= 11 is 0. The van der Waals surface area contributed by atoms with Crippen LogP contribution in [0.4, 0.5) is 4.79 Å². The molecule has 0 saturated carbocycles. The van der Waals surface area contributed by atoms with E-state index < -0.39 is 0 Å². The predicted molar refractivity (Wildman–Crippen MR) is 40.3 cm³/mol. The van der Waals surface area contributed by atoms with Crippen LogP contribution < -0.4 is 5.32 Å². The van der Waals surface area contributed by atoms with Gasteiger partial charge in [-0.1, -0.05) is 13.8 Å². The monoisotopic (exact) mass is 137 g/mol. The third-order valence-electron chi connectivity index (χ3n) is 1.50. The summed E-state index contributed by atoms with van der Waals surface area (Å²) in [4.78, 5) is 10.4. The third kappa shape index (κ3) is 2.24. The molecule has 1 aliphatic rings. The van der Waals surface area contributed by atoms with Crippen molar-refractivity contribution in [2.45, 2.75) is 19.9 Å². The van der Waals surface area contributed by atoms with Gasteiger partial charge in [-0.25, -0.2) is 4.79 Å². The van der Waals surface area contributed by atoms with Crippen LogP contribution in [0, 0.1) is 5.92 Å². The molecule has 1 rings (SSSR count). The van der Waals surface area contributed by atoms with Gasteiger partial charge in [-0.3, -0.25) is 0 Å². The Kier molecular flexibility index (Phi) is 3.85. The maximum absolute atomic E-state index is 10.4. The number of carbonyl (C=O) groups is 1. The molecular formula is C6H12LiNO2. The molecule has 0 radical (unpaired) electrons. The number of alkyl carbamates (subject to hydrolysis) is 1. The van der Waals surface area contributed by atoms with E-state index in [0.29, 0.717) is 12.5 Å². The first-order valence-corrected chi connectivity index (χ1v) is 3.13. The first kappa shape index (κ1) is 9.87. The van der Waals surface area contributed by atoms with Crippen molar-refractivity contribution in [3.8, 4) is 0 Å². The molecule has 1 heterocycles. The molecule has 0 bridgehead atoms. The second-order valence-electron chi connectivity index (χ2n) is 2.59. The predicted octanol–water partition coefficient (Wildman–Crippen LogP) is 0.102. The molecule has 1 unspecified atom stereocenters. The molecule has 1 saturated heterocycles. The Balaban J connectivity index is 0.000000810. The molecule has 1 amide bonds. The minimum atomic E-state index is -0.284. The average Bonchev–Trinajstić information content (AvgIpc) is 2.14. The van der Waals surface area contributed by atoms with Crippen molar-refractivity contribution in [2.75, 3.05) is 6.61 Å². The number of hydrogen-bond donors (Lipinski definition) is 1. The number of ether oxygens (including phenoxy) is 1. The van der Waals surface area contributed by atoms with E-state index >= 15 is 0 Å². The van der Waals surface area contributed by atoms with Crippen LogP contribution in [0.1, 0.15) is 13.8 Å². The zero-order chi connectivity index (χ0) is 6.85. The van der Waals surface area contributed by atoms with Crippen molar-refractivity contribution >= 4 is 25.0 Å². The Hall–Kier alpha value is -0.133. The van der Waals surface area contributed by atoms with Gasteiger partial charge in [-0.15, -0.1) is 0 Å². The normalized spacial score (nSPS) is 23.5. The van der Waals surface area contributed by atoms with Crippen molar-refractivity contribution in [1.82, 2.24) is 5.32 Å². The van der Waals surface area contributed by atoms with Gasteiger partial charge in [0, 0.05) is 0 Å². The van der Waals surface area contributed by atoms with E-state index in [-0.39, 0.29) is 31.0 Å². The van der Waals surface area contributed by atoms with Crippen LogP contribution in [0.25, 0.3) is 0 Å². The summed E-state index contributed by atoms with van der Waals surface area (Å²) in [7, 11) is 0. The number of amides is 1. The zero-order valence-corrected chi connectivity index (χ0v) is 5.68. The summed E-state index contributed by atoms with van der Waals surface area (Å²) in [6, 6.07) is 0.220. The van der Waals surface area contributed by atoms with Crippen LogP contribution >= 0.6 is 0 Å². The zero-order valence-electron chi connectivity index (χ0n) is 5.68. The van der Waals surface area contributed by atoms with Crippen LogP contribution in [-0.2, 0) is 4.74 Å². The Morgan fingerprint density at radius 2 is 2.30 bits per heavy atom. The molecule has 0 aliphatic carbocycles. The molecule has 0 aromatic carbocycles. The first-order valence-electron chi connectivity index (χ1n) is 3.13. The number of cyclic esters (lactones) is 1. The van der Waals surface area contributed by atoms with Crippen molar-refractivity contribution in [3.63, 3.8) is 0 Å². The summed E-state index contributed by atoms with van der Waals surface area (Å²) in [6.45, 7) is 4.63. The van der Waals surface area contributed by atoms with Gasteiger partial charge in [-0.2, -0.15) is 0 Å².